The number of fused-ring (bicyclic) bond motifs is 1. The molecule has 13 heavy (non-hydrogen) atoms. The lowest BCUT2D eigenvalue weighted by Crippen LogP contribution is -2.37. The van der Waals surface area contributed by atoms with Crippen LogP contribution in [-0.2, 0) is 9.53 Å². The molecule has 0 aromatic heterocycles. The molecule has 3 heteroatoms. The Bertz CT molecular complexity index is 247. The van der Waals surface area contributed by atoms with Gasteiger partial charge in [-0.05, 0) is 26.2 Å². The zero-order valence-corrected chi connectivity index (χ0v) is 7.95. The van der Waals surface area contributed by atoms with Gasteiger partial charge in [0, 0.05) is 12.6 Å². The van der Waals surface area contributed by atoms with Crippen LogP contribution in [0.15, 0.2) is 11.6 Å². The fourth-order valence-corrected chi connectivity index (χ4v) is 1.88. The molecule has 3 nitrogen and oxygen atoms in total. The summed E-state index contributed by atoms with van der Waals surface area (Å²) in [6, 6.07) is 0. The van der Waals surface area contributed by atoms with Crippen molar-refractivity contribution in [1.29, 1.82) is 0 Å². The fourth-order valence-electron chi connectivity index (χ4n) is 1.88. The van der Waals surface area contributed by atoms with Gasteiger partial charge in [0.25, 0.3) is 0 Å². The van der Waals surface area contributed by atoms with Gasteiger partial charge >= 0.3 is 0 Å². The highest BCUT2D eigenvalue weighted by Crippen LogP contribution is 2.21. The first-order valence-corrected chi connectivity index (χ1v) is 4.87. The second kappa shape index (κ2) is 3.50. The second-order valence-electron chi connectivity index (χ2n) is 3.74. The van der Waals surface area contributed by atoms with E-state index in [2.05, 4.69) is 0 Å². The average Bonchev–Trinajstić information content (AvgIpc) is 2.49. The third-order valence-electron chi connectivity index (χ3n) is 2.66. The standard InChI is InChI=1S/C10H15NO2/c1-8-4-6-13-10-3-2-5-11(10)9(12)7-8/h7,10H,2-6H2,1H3. The topological polar surface area (TPSA) is 29.5 Å². The number of nitrogens with zero attached hydrogens (tertiary/aromatic N) is 1. The average molecular weight is 181 g/mol. The summed E-state index contributed by atoms with van der Waals surface area (Å²) in [5.41, 5.74) is 1.12. The molecule has 0 aromatic carbocycles. The molecule has 0 radical (unpaired) electrons. The molecular weight excluding hydrogens is 166 g/mol. The first-order chi connectivity index (χ1) is 6.27. The summed E-state index contributed by atoms with van der Waals surface area (Å²) in [6.07, 6.45) is 4.76. The number of amides is 1. The van der Waals surface area contributed by atoms with E-state index in [0.717, 1.165) is 38.0 Å². The van der Waals surface area contributed by atoms with Gasteiger partial charge in [-0.15, -0.1) is 0 Å². The Hall–Kier alpha value is -0.830. The Labute approximate surface area is 78.4 Å². The van der Waals surface area contributed by atoms with E-state index in [1.54, 1.807) is 6.08 Å². The largest absolute Gasteiger partial charge is 0.358 e. The van der Waals surface area contributed by atoms with Crippen LogP contribution in [0, 0.1) is 0 Å². The maximum Gasteiger partial charge on any atom is 0.248 e. The molecule has 0 aromatic rings. The van der Waals surface area contributed by atoms with E-state index in [0.29, 0.717) is 0 Å². The van der Waals surface area contributed by atoms with Crippen molar-refractivity contribution in [3.63, 3.8) is 0 Å². The molecule has 0 saturated carbocycles. The van der Waals surface area contributed by atoms with Crippen LogP contribution in [0.1, 0.15) is 26.2 Å². The molecule has 1 saturated heterocycles. The summed E-state index contributed by atoms with van der Waals surface area (Å²) >= 11 is 0. The van der Waals surface area contributed by atoms with Crippen molar-refractivity contribution in [2.24, 2.45) is 0 Å². The van der Waals surface area contributed by atoms with E-state index >= 15 is 0 Å². The van der Waals surface area contributed by atoms with Crippen LogP contribution in [0.3, 0.4) is 0 Å². The van der Waals surface area contributed by atoms with Gasteiger partial charge in [-0.1, -0.05) is 5.57 Å². The maximum absolute atomic E-state index is 11.6. The lowest BCUT2D eigenvalue weighted by Gasteiger charge is -2.25. The van der Waals surface area contributed by atoms with Gasteiger partial charge in [0.1, 0.15) is 6.23 Å². The number of ether oxygens (including phenoxy) is 1. The number of hydrogen-bond donors (Lipinski definition) is 0. The smallest absolute Gasteiger partial charge is 0.248 e. The molecule has 0 aliphatic carbocycles. The van der Waals surface area contributed by atoms with Crippen LogP contribution in [0.4, 0.5) is 0 Å². The number of carbonyl (C=O) groups is 1. The van der Waals surface area contributed by atoms with Gasteiger partial charge < -0.3 is 9.64 Å². The minimum absolute atomic E-state index is 0.0526. The van der Waals surface area contributed by atoms with Crippen molar-refractivity contribution in [1.82, 2.24) is 4.90 Å². The van der Waals surface area contributed by atoms with E-state index in [1.165, 1.54) is 0 Å². The molecule has 1 atom stereocenters. The summed E-state index contributed by atoms with van der Waals surface area (Å²) in [5, 5.41) is 0. The predicted molar refractivity (Wildman–Crippen MR) is 49.1 cm³/mol. The Kier molecular flexibility index (Phi) is 2.36. The van der Waals surface area contributed by atoms with Gasteiger partial charge in [-0.3, -0.25) is 4.79 Å². The monoisotopic (exact) mass is 181 g/mol. The van der Waals surface area contributed by atoms with Crippen LogP contribution < -0.4 is 0 Å². The SMILES string of the molecule is CC1=CC(=O)N2CCCC2OCC1. The molecule has 0 bridgehead atoms. The molecular formula is C10H15NO2. The van der Waals surface area contributed by atoms with E-state index in [-0.39, 0.29) is 12.1 Å². The Balaban J connectivity index is 2.17. The normalized spacial score (nSPS) is 29.3. The summed E-state index contributed by atoms with van der Waals surface area (Å²) in [4.78, 5) is 13.5. The molecule has 0 spiro atoms. The van der Waals surface area contributed by atoms with Crippen LogP contribution in [0.25, 0.3) is 0 Å². The Morgan fingerprint density at radius 1 is 1.62 bits per heavy atom. The highest BCUT2D eigenvalue weighted by Gasteiger charge is 2.29. The Morgan fingerprint density at radius 3 is 3.31 bits per heavy atom. The third kappa shape index (κ3) is 1.75. The van der Waals surface area contributed by atoms with Crippen LogP contribution in [0.2, 0.25) is 0 Å². The van der Waals surface area contributed by atoms with Crippen molar-refractivity contribution in [2.45, 2.75) is 32.4 Å². The Morgan fingerprint density at radius 2 is 2.46 bits per heavy atom. The van der Waals surface area contributed by atoms with Crippen molar-refractivity contribution < 1.29 is 9.53 Å². The molecule has 72 valence electrons. The highest BCUT2D eigenvalue weighted by atomic mass is 16.5. The van der Waals surface area contributed by atoms with Gasteiger partial charge in [0.2, 0.25) is 5.91 Å². The first kappa shape index (κ1) is 8.75. The molecule has 2 rings (SSSR count). The van der Waals surface area contributed by atoms with E-state index < -0.39 is 0 Å². The first-order valence-electron chi connectivity index (χ1n) is 4.87. The molecule has 1 unspecified atom stereocenters. The van der Waals surface area contributed by atoms with Crippen LogP contribution in [0.5, 0.6) is 0 Å². The minimum atomic E-state index is 0.0526. The van der Waals surface area contributed by atoms with Crippen molar-refractivity contribution >= 4 is 5.91 Å². The molecule has 2 aliphatic rings. The number of hydrogen-bond acceptors (Lipinski definition) is 2. The molecule has 2 heterocycles. The summed E-state index contributed by atoms with van der Waals surface area (Å²) in [6.45, 7) is 3.59. The minimum Gasteiger partial charge on any atom is -0.358 e. The number of rotatable bonds is 0. The maximum atomic E-state index is 11.6. The van der Waals surface area contributed by atoms with Gasteiger partial charge in [0.15, 0.2) is 0 Å². The third-order valence-corrected chi connectivity index (χ3v) is 2.66. The molecule has 0 N–H and O–H groups in total. The van der Waals surface area contributed by atoms with Crippen molar-refractivity contribution in [2.75, 3.05) is 13.2 Å². The number of carbonyl (C=O) groups excluding carboxylic acids is 1. The van der Waals surface area contributed by atoms with E-state index in [9.17, 15) is 4.79 Å². The second-order valence-corrected chi connectivity index (χ2v) is 3.74. The summed E-state index contributed by atoms with van der Waals surface area (Å²) < 4.78 is 5.61. The lowest BCUT2D eigenvalue weighted by molar-refractivity contribution is -0.137. The van der Waals surface area contributed by atoms with Gasteiger partial charge in [-0.2, -0.15) is 0 Å². The predicted octanol–water partition coefficient (Wildman–Crippen LogP) is 1.30. The van der Waals surface area contributed by atoms with Crippen LogP contribution >= 0.6 is 0 Å². The fraction of sp³-hybridized carbons (Fsp3) is 0.700. The lowest BCUT2D eigenvalue weighted by atomic mass is 10.2. The van der Waals surface area contributed by atoms with Crippen molar-refractivity contribution in [3.8, 4) is 0 Å². The highest BCUT2D eigenvalue weighted by molar-refractivity contribution is 5.88. The molecule has 1 fully saturated rings. The quantitative estimate of drug-likeness (QED) is 0.563. The van der Waals surface area contributed by atoms with E-state index in [4.69, 9.17) is 4.74 Å². The van der Waals surface area contributed by atoms with Gasteiger partial charge in [-0.25, -0.2) is 0 Å². The molecule has 2 aliphatic heterocycles. The zero-order valence-electron chi connectivity index (χ0n) is 7.95. The summed E-state index contributed by atoms with van der Waals surface area (Å²) in [5.74, 6) is 0.125. The van der Waals surface area contributed by atoms with E-state index in [1.807, 2.05) is 11.8 Å². The van der Waals surface area contributed by atoms with Gasteiger partial charge in [0.05, 0.1) is 6.61 Å². The summed E-state index contributed by atoms with van der Waals surface area (Å²) in [7, 11) is 0. The van der Waals surface area contributed by atoms with Crippen LogP contribution in [-0.4, -0.2) is 30.2 Å². The van der Waals surface area contributed by atoms with Crippen molar-refractivity contribution in [3.05, 3.63) is 11.6 Å². The molecule has 1 amide bonds. The zero-order chi connectivity index (χ0) is 9.26.